The SMILES string of the molecule is CC(C)(C)c1csc(CCNN)n1. The molecule has 0 atom stereocenters. The van der Waals surface area contributed by atoms with Crippen LogP contribution in [0.25, 0.3) is 0 Å². The lowest BCUT2D eigenvalue weighted by Gasteiger charge is -2.14. The number of nitrogens with one attached hydrogen (secondary N) is 1. The van der Waals surface area contributed by atoms with Gasteiger partial charge in [0.25, 0.3) is 0 Å². The van der Waals surface area contributed by atoms with Crippen LogP contribution >= 0.6 is 11.3 Å². The van der Waals surface area contributed by atoms with E-state index in [9.17, 15) is 0 Å². The molecule has 13 heavy (non-hydrogen) atoms. The zero-order chi connectivity index (χ0) is 9.90. The standard InChI is InChI=1S/C9H17N3S/c1-9(2,3)7-6-13-8(12-7)4-5-11-10/h6,11H,4-5,10H2,1-3H3. The van der Waals surface area contributed by atoms with Crippen LogP contribution in [-0.2, 0) is 11.8 Å². The van der Waals surface area contributed by atoms with Crippen LogP contribution in [0.5, 0.6) is 0 Å². The van der Waals surface area contributed by atoms with Gasteiger partial charge in [-0.1, -0.05) is 20.8 Å². The summed E-state index contributed by atoms with van der Waals surface area (Å²) in [7, 11) is 0. The molecule has 3 nitrogen and oxygen atoms in total. The molecule has 0 aliphatic rings. The Bertz CT molecular complexity index is 262. The highest BCUT2D eigenvalue weighted by Gasteiger charge is 2.16. The molecule has 0 aliphatic carbocycles. The third kappa shape index (κ3) is 3.06. The maximum absolute atomic E-state index is 5.20. The van der Waals surface area contributed by atoms with E-state index in [2.05, 4.69) is 36.6 Å². The molecule has 1 rings (SSSR count). The van der Waals surface area contributed by atoms with Crippen molar-refractivity contribution in [2.24, 2.45) is 5.84 Å². The van der Waals surface area contributed by atoms with Crippen molar-refractivity contribution in [2.45, 2.75) is 32.6 Å². The number of thiazole rings is 1. The predicted octanol–water partition coefficient (Wildman–Crippen LogP) is 1.45. The van der Waals surface area contributed by atoms with Gasteiger partial charge in [0.2, 0.25) is 0 Å². The molecule has 0 radical (unpaired) electrons. The number of hydrazine groups is 1. The van der Waals surface area contributed by atoms with Gasteiger partial charge in [0.05, 0.1) is 10.7 Å². The van der Waals surface area contributed by atoms with Crippen LogP contribution in [-0.4, -0.2) is 11.5 Å². The molecule has 0 aromatic carbocycles. The number of nitrogens with two attached hydrogens (primary N) is 1. The molecule has 1 heterocycles. The zero-order valence-corrected chi connectivity index (χ0v) is 9.24. The van der Waals surface area contributed by atoms with Crippen LogP contribution in [0.1, 0.15) is 31.5 Å². The fourth-order valence-corrected chi connectivity index (χ4v) is 1.97. The third-order valence-electron chi connectivity index (χ3n) is 1.80. The van der Waals surface area contributed by atoms with Crippen molar-refractivity contribution < 1.29 is 0 Å². The molecule has 0 bridgehead atoms. The summed E-state index contributed by atoms with van der Waals surface area (Å²) in [6, 6.07) is 0. The second-order valence-corrected chi connectivity index (χ2v) is 5.02. The second kappa shape index (κ2) is 4.17. The Morgan fingerprint density at radius 2 is 2.23 bits per heavy atom. The molecular weight excluding hydrogens is 182 g/mol. The van der Waals surface area contributed by atoms with E-state index in [1.54, 1.807) is 11.3 Å². The van der Waals surface area contributed by atoms with E-state index in [1.807, 2.05) is 0 Å². The van der Waals surface area contributed by atoms with Gasteiger partial charge in [-0.2, -0.15) is 0 Å². The lowest BCUT2D eigenvalue weighted by molar-refractivity contribution is 0.570. The van der Waals surface area contributed by atoms with Crippen molar-refractivity contribution in [3.63, 3.8) is 0 Å². The Kier molecular flexibility index (Phi) is 3.41. The Morgan fingerprint density at radius 1 is 1.54 bits per heavy atom. The average Bonchev–Trinajstić information content (AvgIpc) is 2.47. The first-order chi connectivity index (χ1) is 6.04. The predicted molar refractivity (Wildman–Crippen MR) is 56.7 cm³/mol. The van der Waals surface area contributed by atoms with Gasteiger partial charge in [0.15, 0.2) is 0 Å². The van der Waals surface area contributed by atoms with Gasteiger partial charge in [-0.3, -0.25) is 11.3 Å². The highest BCUT2D eigenvalue weighted by Crippen LogP contribution is 2.23. The number of nitrogens with zero attached hydrogens (tertiary/aromatic N) is 1. The van der Waals surface area contributed by atoms with Crippen LogP contribution < -0.4 is 11.3 Å². The maximum atomic E-state index is 5.20. The van der Waals surface area contributed by atoms with Crippen LogP contribution in [0, 0.1) is 0 Å². The van der Waals surface area contributed by atoms with E-state index in [0.717, 1.165) is 18.0 Å². The van der Waals surface area contributed by atoms with Gasteiger partial charge in [-0.25, -0.2) is 4.98 Å². The number of hydrogen-bond donors (Lipinski definition) is 2. The van der Waals surface area contributed by atoms with Crippen molar-refractivity contribution >= 4 is 11.3 Å². The largest absolute Gasteiger partial charge is 0.271 e. The summed E-state index contributed by atoms with van der Waals surface area (Å²) in [5, 5.41) is 3.29. The lowest BCUT2D eigenvalue weighted by atomic mass is 9.93. The summed E-state index contributed by atoms with van der Waals surface area (Å²) < 4.78 is 0. The zero-order valence-electron chi connectivity index (χ0n) is 8.42. The molecule has 0 aliphatic heterocycles. The monoisotopic (exact) mass is 199 g/mol. The fraction of sp³-hybridized carbons (Fsp3) is 0.667. The molecule has 0 unspecified atom stereocenters. The van der Waals surface area contributed by atoms with Crippen molar-refractivity contribution in [3.8, 4) is 0 Å². The smallest absolute Gasteiger partial charge is 0.0941 e. The molecule has 1 aromatic rings. The van der Waals surface area contributed by atoms with E-state index in [4.69, 9.17) is 5.84 Å². The molecular formula is C9H17N3S. The normalized spacial score (nSPS) is 12.0. The number of aromatic nitrogens is 1. The van der Waals surface area contributed by atoms with Crippen LogP contribution in [0.4, 0.5) is 0 Å². The molecule has 0 amide bonds. The Morgan fingerprint density at radius 3 is 2.69 bits per heavy atom. The highest BCUT2D eigenvalue weighted by atomic mass is 32.1. The van der Waals surface area contributed by atoms with E-state index in [1.165, 1.54) is 5.69 Å². The molecule has 0 spiro atoms. The van der Waals surface area contributed by atoms with Crippen LogP contribution in [0.3, 0.4) is 0 Å². The van der Waals surface area contributed by atoms with Crippen molar-refractivity contribution in [1.82, 2.24) is 10.4 Å². The first-order valence-corrected chi connectivity index (χ1v) is 5.30. The quantitative estimate of drug-likeness (QED) is 0.572. The Labute approximate surface area is 83.3 Å². The second-order valence-electron chi connectivity index (χ2n) is 4.08. The molecule has 3 N–H and O–H groups in total. The van der Waals surface area contributed by atoms with Crippen molar-refractivity contribution in [3.05, 3.63) is 16.1 Å². The minimum atomic E-state index is 0.158. The van der Waals surface area contributed by atoms with E-state index < -0.39 is 0 Å². The van der Waals surface area contributed by atoms with Crippen molar-refractivity contribution in [1.29, 1.82) is 0 Å². The molecule has 0 saturated carbocycles. The molecule has 74 valence electrons. The summed E-state index contributed by atoms with van der Waals surface area (Å²) in [6.07, 6.45) is 0.914. The van der Waals surface area contributed by atoms with Gasteiger partial charge in [0.1, 0.15) is 0 Å². The van der Waals surface area contributed by atoms with Gasteiger partial charge >= 0.3 is 0 Å². The summed E-state index contributed by atoms with van der Waals surface area (Å²) in [5.74, 6) is 5.20. The first-order valence-electron chi connectivity index (χ1n) is 4.42. The summed E-state index contributed by atoms with van der Waals surface area (Å²) >= 11 is 1.71. The van der Waals surface area contributed by atoms with Crippen molar-refractivity contribution in [2.75, 3.05) is 6.54 Å². The number of rotatable bonds is 3. The molecule has 4 heteroatoms. The van der Waals surface area contributed by atoms with Gasteiger partial charge in [-0.05, 0) is 0 Å². The molecule has 0 saturated heterocycles. The third-order valence-corrected chi connectivity index (χ3v) is 2.71. The summed E-state index contributed by atoms with van der Waals surface area (Å²) in [6.45, 7) is 7.31. The average molecular weight is 199 g/mol. The Hall–Kier alpha value is -0.450. The van der Waals surface area contributed by atoms with Gasteiger partial charge in [0, 0.05) is 23.8 Å². The number of hydrogen-bond acceptors (Lipinski definition) is 4. The topological polar surface area (TPSA) is 50.9 Å². The minimum absolute atomic E-state index is 0.158. The minimum Gasteiger partial charge on any atom is -0.271 e. The summed E-state index contributed by atoms with van der Waals surface area (Å²) in [5.41, 5.74) is 3.96. The van der Waals surface area contributed by atoms with Crippen LogP contribution in [0.2, 0.25) is 0 Å². The van der Waals surface area contributed by atoms with E-state index in [0.29, 0.717) is 0 Å². The van der Waals surface area contributed by atoms with E-state index >= 15 is 0 Å². The lowest BCUT2D eigenvalue weighted by Crippen LogP contribution is -2.24. The fourth-order valence-electron chi connectivity index (χ4n) is 0.949. The van der Waals surface area contributed by atoms with E-state index in [-0.39, 0.29) is 5.41 Å². The molecule has 1 aromatic heterocycles. The maximum Gasteiger partial charge on any atom is 0.0941 e. The summed E-state index contributed by atoms with van der Waals surface area (Å²) in [4.78, 5) is 4.54. The van der Waals surface area contributed by atoms with Crippen LogP contribution in [0.15, 0.2) is 5.38 Å². The first kappa shape index (κ1) is 10.6. The molecule has 0 fully saturated rings. The van der Waals surface area contributed by atoms with Gasteiger partial charge < -0.3 is 0 Å². The Balaban J connectivity index is 2.64. The van der Waals surface area contributed by atoms with Gasteiger partial charge in [-0.15, -0.1) is 11.3 Å². The highest BCUT2D eigenvalue weighted by molar-refractivity contribution is 7.09.